The third kappa shape index (κ3) is 5.29. The molecular formula is C19H23F2N7O4. The van der Waals surface area contributed by atoms with Crippen LogP contribution in [0.5, 0.6) is 0 Å². The average Bonchev–Trinajstić information content (AvgIpc) is 3.45. The van der Waals surface area contributed by atoms with E-state index in [4.69, 9.17) is 9.47 Å². The fourth-order valence-electron chi connectivity index (χ4n) is 3.29. The molecule has 1 aliphatic rings. The van der Waals surface area contributed by atoms with Crippen LogP contribution in [0, 0.1) is 0 Å². The molecule has 0 bridgehead atoms. The van der Waals surface area contributed by atoms with Crippen molar-refractivity contribution in [1.29, 1.82) is 0 Å². The van der Waals surface area contributed by atoms with E-state index < -0.39 is 12.7 Å². The van der Waals surface area contributed by atoms with Crippen molar-refractivity contribution in [2.24, 2.45) is 0 Å². The van der Waals surface area contributed by atoms with Crippen molar-refractivity contribution in [3.8, 4) is 0 Å². The maximum Gasteiger partial charge on any atom is 0.407 e. The van der Waals surface area contributed by atoms with Gasteiger partial charge in [-0.1, -0.05) is 0 Å². The van der Waals surface area contributed by atoms with Crippen LogP contribution in [0.25, 0.3) is 5.52 Å². The summed E-state index contributed by atoms with van der Waals surface area (Å²) in [5, 5.41) is 17.1. The van der Waals surface area contributed by atoms with E-state index in [-0.39, 0.29) is 31.5 Å². The number of aromatic nitrogens is 5. The molecule has 172 valence electrons. The number of anilines is 2. The van der Waals surface area contributed by atoms with Crippen molar-refractivity contribution in [3.63, 3.8) is 0 Å². The molecule has 13 heteroatoms. The summed E-state index contributed by atoms with van der Waals surface area (Å²) in [5.74, 6) is 0.929. The van der Waals surface area contributed by atoms with Gasteiger partial charge in [-0.2, -0.15) is 19.0 Å². The molecule has 3 aromatic heterocycles. The van der Waals surface area contributed by atoms with Crippen LogP contribution >= 0.6 is 0 Å². The summed E-state index contributed by atoms with van der Waals surface area (Å²) >= 11 is 0. The van der Waals surface area contributed by atoms with Gasteiger partial charge in [0, 0.05) is 30.9 Å². The van der Waals surface area contributed by atoms with Crippen LogP contribution in [0.1, 0.15) is 37.8 Å². The highest BCUT2D eigenvalue weighted by molar-refractivity contribution is 5.72. The van der Waals surface area contributed by atoms with Gasteiger partial charge in [0.05, 0.1) is 24.6 Å². The largest absolute Gasteiger partial charge is 0.444 e. The van der Waals surface area contributed by atoms with Gasteiger partial charge in [0.2, 0.25) is 0 Å². The zero-order valence-corrected chi connectivity index (χ0v) is 17.4. The summed E-state index contributed by atoms with van der Waals surface area (Å²) in [5.41, 5.74) is 1.64. The highest BCUT2D eigenvalue weighted by atomic mass is 19.3. The Balaban J connectivity index is 1.39. The van der Waals surface area contributed by atoms with Gasteiger partial charge in [-0.15, -0.1) is 0 Å². The molecule has 0 saturated carbocycles. The van der Waals surface area contributed by atoms with E-state index >= 15 is 0 Å². The number of nitrogens with zero attached hydrogens (tertiary/aromatic N) is 4. The number of aromatic amines is 1. The van der Waals surface area contributed by atoms with Crippen LogP contribution < -0.4 is 10.6 Å². The number of H-pyrrole nitrogens is 1. The third-order valence-electron chi connectivity index (χ3n) is 4.63. The molecule has 4 rings (SSSR count). The molecule has 2 atom stereocenters. The van der Waals surface area contributed by atoms with Gasteiger partial charge in [-0.3, -0.25) is 5.10 Å². The predicted octanol–water partition coefficient (Wildman–Crippen LogP) is 2.90. The Morgan fingerprint density at radius 2 is 2.25 bits per heavy atom. The van der Waals surface area contributed by atoms with Crippen LogP contribution in [0.2, 0.25) is 0 Å². The van der Waals surface area contributed by atoms with Crippen molar-refractivity contribution in [3.05, 3.63) is 35.9 Å². The summed E-state index contributed by atoms with van der Waals surface area (Å²) in [7, 11) is 0. The van der Waals surface area contributed by atoms with Crippen LogP contribution in [-0.2, 0) is 20.8 Å². The number of amides is 1. The lowest BCUT2D eigenvalue weighted by Crippen LogP contribution is -2.33. The Labute approximate surface area is 181 Å². The summed E-state index contributed by atoms with van der Waals surface area (Å²) in [6, 6.07) is 3.36. The smallest absolute Gasteiger partial charge is 0.407 e. The van der Waals surface area contributed by atoms with E-state index in [9.17, 15) is 13.6 Å². The number of ether oxygens (including phenoxy) is 3. The lowest BCUT2D eigenvalue weighted by molar-refractivity contribution is -0.137. The first kappa shape index (κ1) is 21.9. The highest BCUT2D eigenvalue weighted by Gasteiger charge is 2.31. The number of fused-ring (bicyclic) bond motifs is 1. The Bertz CT molecular complexity index is 1070. The van der Waals surface area contributed by atoms with Gasteiger partial charge >= 0.3 is 12.7 Å². The Morgan fingerprint density at radius 3 is 3.03 bits per heavy atom. The normalized spacial score (nSPS) is 18.6. The molecule has 0 aromatic carbocycles. The molecule has 4 heterocycles. The molecule has 1 fully saturated rings. The van der Waals surface area contributed by atoms with Gasteiger partial charge in [0.1, 0.15) is 17.7 Å². The number of carbonyl (C=O) groups excluding carboxylic acids is 1. The first-order valence-electron chi connectivity index (χ1n) is 10.0. The van der Waals surface area contributed by atoms with Gasteiger partial charge in [0.25, 0.3) is 0 Å². The van der Waals surface area contributed by atoms with E-state index in [1.165, 1.54) is 10.7 Å². The van der Waals surface area contributed by atoms with Crippen molar-refractivity contribution in [2.75, 3.05) is 11.9 Å². The van der Waals surface area contributed by atoms with E-state index in [1.807, 2.05) is 13.8 Å². The SMILES string of the molecule is CC(C)NC(=O)O[C@H]1CO[C@@H](c2cc(Nc3nccn4nc(COC(F)F)cc34)n[nH]2)C1. The number of hydrogen-bond donors (Lipinski definition) is 3. The molecular weight excluding hydrogens is 428 g/mol. The molecule has 0 aliphatic carbocycles. The third-order valence-corrected chi connectivity index (χ3v) is 4.63. The van der Waals surface area contributed by atoms with E-state index in [2.05, 4.69) is 35.7 Å². The summed E-state index contributed by atoms with van der Waals surface area (Å²) in [4.78, 5) is 16.0. The molecule has 1 amide bonds. The van der Waals surface area contributed by atoms with Crippen molar-refractivity contribution < 1.29 is 27.8 Å². The molecule has 1 aliphatic heterocycles. The molecule has 1 saturated heterocycles. The lowest BCUT2D eigenvalue weighted by atomic mass is 10.1. The molecule has 32 heavy (non-hydrogen) atoms. The molecule has 11 nitrogen and oxygen atoms in total. The minimum atomic E-state index is -2.87. The summed E-state index contributed by atoms with van der Waals surface area (Å²) < 4.78 is 41.5. The topological polar surface area (TPSA) is 128 Å². The van der Waals surface area contributed by atoms with Crippen LogP contribution in [-0.4, -0.2) is 56.3 Å². The predicted molar refractivity (Wildman–Crippen MR) is 108 cm³/mol. The Hall–Kier alpha value is -3.32. The Kier molecular flexibility index (Phi) is 6.46. The second-order valence-corrected chi connectivity index (χ2v) is 7.53. The second kappa shape index (κ2) is 9.44. The zero-order valence-electron chi connectivity index (χ0n) is 17.4. The first-order chi connectivity index (χ1) is 15.4. The minimum absolute atomic E-state index is 0.0105. The number of nitrogens with one attached hydrogen (secondary N) is 3. The number of carbonyl (C=O) groups is 1. The number of alkyl carbamates (subject to hydrolysis) is 1. The quantitative estimate of drug-likeness (QED) is 0.477. The number of alkyl halides is 2. The maximum atomic E-state index is 12.3. The molecule has 3 aromatic rings. The number of halogens is 2. The second-order valence-electron chi connectivity index (χ2n) is 7.53. The van der Waals surface area contributed by atoms with Crippen molar-refractivity contribution in [1.82, 2.24) is 30.1 Å². The number of rotatable bonds is 8. The van der Waals surface area contributed by atoms with Crippen LogP contribution in [0.4, 0.5) is 25.2 Å². The average molecular weight is 451 g/mol. The first-order valence-corrected chi connectivity index (χ1v) is 10.0. The molecule has 3 N–H and O–H groups in total. The zero-order chi connectivity index (χ0) is 22.7. The highest BCUT2D eigenvalue weighted by Crippen LogP contribution is 2.31. The van der Waals surface area contributed by atoms with Gasteiger partial charge in [0.15, 0.2) is 11.6 Å². The minimum Gasteiger partial charge on any atom is -0.444 e. The Morgan fingerprint density at radius 1 is 1.41 bits per heavy atom. The van der Waals surface area contributed by atoms with E-state index in [0.29, 0.717) is 35.0 Å². The van der Waals surface area contributed by atoms with E-state index in [0.717, 1.165) is 0 Å². The summed E-state index contributed by atoms with van der Waals surface area (Å²) in [6.07, 6.45) is 2.50. The molecule has 0 radical (unpaired) electrons. The maximum absolute atomic E-state index is 12.3. The monoisotopic (exact) mass is 451 g/mol. The fourth-order valence-corrected chi connectivity index (χ4v) is 3.29. The standard InChI is InChI=1S/C19H23F2N7O4/c1-10(2)23-19(29)32-12-6-15(30-9-12)13-7-16(26-25-13)24-17-14-5-11(8-31-18(20)21)27-28(14)4-3-22-17/h3-5,7,10,12,15,18H,6,8-9H2,1-2H3,(H,23,29)(H2,22,24,25,26)/t12-,15-/m1/s1. The fraction of sp³-hybridized carbons (Fsp3) is 0.474. The van der Waals surface area contributed by atoms with Gasteiger partial charge in [-0.05, 0) is 19.9 Å². The van der Waals surface area contributed by atoms with Crippen LogP contribution in [0.15, 0.2) is 24.5 Å². The van der Waals surface area contributed by atoms with Gasteiger partial charge < -0.3 is 24.8 Å². The lowest BCUT2D eigenvalue weighted by Gasteiger charge is -2.13. The van der Waals surface area contributed by atoms with Gasteiger partial charge in [-0.25, -0.2) is 14.3 Å². The van der Waals surface area contributed by atoms with Crippen molar-refractivity contribution in [2.45, 2.75) is 51.7 Å². The van der Waals surface area contributed by atoms with Crippen LogP contribution in [0.3, 0.4) is 0 Å². The molecule has 0 spiro atoms. The number of hydrogen-bond acceptors (Lipinski definition) is 8. The van der Waals surface area contributed by atoms with Crippen molar-refractivity contribution >= 4 is 23.2 Å². The van der Waals surface area contributed by atoms with E-state index in [1.54, 1.807) is 18.3 Å². The molecule has 0 unspecified atom stereocenters. The summed E-state index contributed by atoms with van der Waals surface area (Å²) in [6.45, 7) is 0.809.